The number of nitrogens with one attached hydrogen (secondary N) is 1. The summed E-state index contributed by atoms with van der Waals surface area (Å²) in [7, 11) is -8.59. The number of carbonyl (C=O) groups is 1. The number of urea groups is 1. The van der Waals surface area contributed by atoms with E-state index in [0.29, 0.717) is 0 Å². The van der Waals surface area contributed by atoms with E-state index in [1.807, 2.05) is 0 Å². The van der Waals surface area contributed by atoms with Crippen LogP contribution >= 0.6 is 0 Å². The van der Waals surface area contributed by atoms with Gasteiger partial charge in [0.25, 0.3) is 0 Å². The molecule has 30 heavy (non-hydrogen) atoms. The minimum atomic E-state index is -4.73. The zero-order valence-corrected chi connectivity index (χ0v) is 17.5. The number of nitrogens with two attached hydrogens (primary N) is 2. The Labute approximate surface area is 173 Å². The second kappa shape index (κ2) is 10.6. The maximum absolute atomic E-state index is 12.1. The molecule has 12 nitrogen and oxygen atoms in total. The second-order valence-corrected chi connectivity index (χ2v) is 8.78. The van der Waals surface area contributed by atoms with E-state index in [9.17, 15) is 21.6 Å². The van der Waals surface area contributed by atoms with E-state index in [4.69, 9.17) is 16.0 Å². The van der Waals surface area contributed by atoms with Gasteiger partial charge in [-0.05, 0) is 37.3 Å². The van der Waals surface area contributed by atoms with Crippen LogP contribution in [0.25, 0.3) is 0 Å². The van der Waals surface area contributed by atoms with E-state index < -0.39 is 38.6 Å². The molecule has 164 valence electrons. The van der Waals surface area contributed by atoms with Crippen molar-refractivity contribution in [3.63, 3.8) is 0 Å². The first-order valence-electron chi connectivity index (χ1n) is 8.08. The molecule has 0 aliphatic heterocycles. The Bertz CT molecular complexity index is 1090. The summed E-state index contributed by atoms with van der Waals surface area (Å²) in [5.74, 6) is -0.665. The second-order valence-electron chi connectivity index (χ2n) is 5.58. The Morgan fingerprint density at radius 1 is 1.23 bits per heavy atom. The fourth-order valence-electron chi connectivity index (χ4n) is 1.99. The summed E-state index contributed by atoms with van der Waals surface area (Å²) in [5, 5.41) is 10.2. The first-order valence-corrected chi connectivity index (χ1v) is 11.1. The van der Waals surface area contributed by atoms with Gasteiger partial charge in [-0.3, -0.25) is 4.55 Å². The van der Waals surface area contributed by atoms with Crippen molar-refractivity contribution >= 4 is 32.0 Å². The van der Waals surface area contributed by atoms with E-state index in [2.05, 4.69) is 26.3 Å². The number of sulfone groups is 1. The van der Waals surface area contributed by atoms with E-state index in [0.717, 1.165) is 0 Å². The summed E-state index contributed by atoms with van der Waals surface area (Å²) >= 11 is 0. The van der Waals surface area contributed by atoms with Gasteiger partial charge in [-0.1, -0.05) is 12.7 Å². The van der Waals surface area contributed by atoms with Crippen LogP contribution in [0.2, 0.25) is 0 Å². The SMILES string of the molecule is C=C/C=C(/N)C(/N=N/c1ccc(S(=O)(=O)CCOS(=O)(=O)O)cc1)=C(C)NC(N)=O. The number of nitrogens with zero attached hydrogens (tertiary/aromatic N) is 2. The Morgan fingerprint density at radius 2 is 1.83 bits per heavy atom. The quantitative estimate of drug-likeness (QED) is 0.227. The largest absolute Gasteiger partial charge is 0.397 e. The average molecular weight is 460 g/mol. The number of primary amides is 1. The molecule has 0 unspecified atom stereocenters. The zero-order valence-electron chi connectivity index (χ0n) is 15.8. The summed E-state index contributed by atoms with van der Waals surface area (Å²) in [4.78, 5) is 10.9. The van der Waals surface area contributed by atoms with Crippen molar-refractivity contribution in [2.24, 2.45) is 21.7 Å². The molecule has 0 radical (unpaired) electrons. The smallest absolute Gasteiger partial charge is 0.397 e. The van der Waals surface area contributed by atoms with Crippen LogP contribution < -0.4 is 16.8 Å². The van der Waals surface area contributed by atoms with Crippen LogP contribution in [0.3, 0.4) is 0 Å². The highest BCUT2D eigenvalue weighted by molar-refractivity contribution is 7.91. The molecule has 2 amide bonds. The maximum Gasteiger partial charge on any atom is 0.397 e. The summed E-state index contributed by atoms with van der Waals surface area (Å²) in [6, 6.07) is 4.35. The Balaban J connectivity index is 3.06. The summed E-state index contributed by atoms with van der Waals surface area (Å²) in [6.45, 7) is 4.28. The van der Waals surface area contributed by atoms with Gasteiger partial charge < -0.3 is 16.8 Å². The number of benzene rings is 1. The normalized spacial score (nSPS) is 13.7. The zero-order chi connectivity index (χ0) is 22.9. The summed E-state index contributed by atoms with van der Waals surface area (Å²) < 4.78 is 57.7. The molecule has 1 aromatic rings. The van der Waals surface area contributed by atoms with Gasteiger partial charge >= 0.3 is 16.4 Å². The highest BCUT2D eigenvalue weighted by Gasteiger charge is 2.16. The van der Waals surface area contributed by atoms with E-state index in [1.54, 1.807) is 0 Å². The number of hydrogen-bond donors (Lipinski definition) is 4. The molecule has 0 bridgehead atoms. The molecule has 0 atom stereocenters. The third-order valence-electron chi connectivity index (χ3n) is 3.28. The fraction of sp³-hybridized carbons (Fsp3) is 0.188. The molecule has 0 saturated carbocycles. The van der Waals surface area contributed by atoms with E-state index in [1.165, 1.54) is 43.3 Å². The molecule has 1 aromatic carbocycles. The maximum atomic E-state index is 12.1. The van der Waals surface area contributed by atoms with Crippen molar-refractivity contribution in [1.29, 1.82) is 0 Å². The minimum Gasteiger partial charge on any atom is -0.397 e. The highest BCUT2D eigenvalue weighted by atomic mass is 32.3. The number of azo groups is 1. The number of amides is 2. The van der Waals surface area contributed by atoms with Gasteiger partial charge in [0, 0.05) is 5.70 Å². The third kappa shape index (κ3) is 8.52. The molecule has 0 heterocycles. The van der Waals surface area contributed by atoms with Gasteiger partial charge in [0.15, 0.2) is 9.84 Å². The lowest BCUT2D eigenvalue weighted by atomic mass is 10.2. The van der Waals surface area contributed by atoms with Gasteiger partial charge in [0.1, 0.15) is 5.70 Å². The molecule has 0 aliphatic rings. The number of allylic oxidation sites excluding steroid dienone is 3. The van der Waals surface area contributed by atoms with Crippen molar-refractivity contribution in [3.05, 3.63) is 60.1 Å². The summed E-state index contributed by atoms with van der Waals surface area (Å²) in [6.07, 6.45) is 2.85. The Hall–Kier alpha value is -3.07. The van der Waals surface area contributed by atoms with Crippen LogP contribution in [0.1, 0.15) is 6.92 Å². The van der Waals surface area contributed by atoms with Crippen LogP contribution in [0, 0.1) is 0 Å². The third-order valence-corrected chi connectivity index (χ3v) is 5.44. The molecular weight excluding hydrogens is 438 g/mol. The molecule has 0 spiro atoms. The molecule has 0 fully saturated rings. The van der Waals surface area contributed by atoms with E-state index in [-0.39, 0.29) is 27.7 Å². The molecular formula is C16H21N5O7S2. The van der Waals surface area contributed by atoms with Crippen molar-refractivity contribution < 1.29 is 30.4 Å². The first kappa shape index (κ1) is 25.0. The van der Waals surface area contributed by atoms with Crippen molar-refractivity contribution in [2.45, 2.75) is 11.8 Å². The average Bonchev–Trinajstić information content (AvgIpc) is 2.60. The van der Waals surface area contributed by atoms with Gasteiger partial charge in [-0.2, -0.15) is 13.5 Å². The summed E-state index contributed by atoms with van der Waals surface area (Å²) in [5.41, 5.74) is 11.7. The monoisotopic (exact) mass is 459 g/mol. The molecule has 6 N–H and O–H groups in total. The minimum absolute atomic E-state index is 0.117. The van der Waals surface area contributed by atoms with Crippen LogP contribution in [-0.4, -0.2) is 39.8 Å². The number of rotatable bonds is 10. The molecule has 0 aliphatic carbocycles. The first-order chi connectivity index (χ1) is 13.9. The molecule has 0 aromatic heterocycles. The van der Waals surface area contributed by atoms with Crippen LogP contribution in [-0.2, 0) is 24.4 Å². The van der Waals surface area contributed by atoms with Crippen molar-refractivity contribution in [2.75, 3.05) is 12.4 Å². The Morgan fingerprint density at radius 3 is 2.33 bits per heavy atom. The predicted octanol–water partition coefficient (Wildman–Crippen LogP) is 1.29. The van der Waals surface area contributed by atoms with E-state index >= 15 is 0 Å². The lowest BCUT2D eigenvalue weighted by molar-refractivity contribution is 0.251. The van der Waals surface area contributed by atoms with Crippen molar-refractivity contribution in [3.8, 4) is 0 Å². The van der Waals surface area contributed by atoms with Gasteiger partial charge in [-0.15, -0.1) is 5.11 Å². The van der Waals surface area contributed by atoms with Gasteiger partial charge in [-0.25, -0.2) is 17.4 Å². The van der Waals surface area contributed by atoms with Crippen molar-refractivity contribution in [1.82, 2.24) is 5.32 Å². The van der Waals surface area contributed by atoms with Crippen LogP contribution in [0.15, 0.2) is 75.2 Å². The molecule has 1 rings (SSSR count). The fourth-order valence-corrected chi connectivity index (χ4v) is 3.48. The molecule has 0 saturated heterocycles. The van der Waals surface area contributed by atoms with Crippen LogP contribution in [0.5, 0.6) is 0 Å². The highest BCUT2D eigenvalue weighted by Crippen LogP contribution is 2.20. The van der Waals surface area contributed by atoms with Gasteiger partial charge in [0.05, 0.1) is 28.6 Å². The number of hydrogen-bond acceptors (Lipinski definition) is 9. The Kier molecular flexibility index (Phi) is 8.85. The topological polar surface area (TPSA) is 204 Å². The lowest BCUT2D eigenvalue weighted by Crippen LogP contribution is -2.28. The van der Waals surface area contributed by atoms with Crippen LogP contribution in [0.4, 0.5) is 10.5 Å². The lowest BCUT2D eigenvalue weighted by Gasteiger charge is -2.07. The number of carbonyl (C=O) groups excluding carboxylic acids is 1. The standard InChI is InChI=1S/C16H21N5O7S2/c1-3-4-14(17)15(11(2)19-16(18)22)21-20-12-5-7-13(8-6-12)29(23,24)10-9-28-30(25,26)27/h3-8H,1,9-10,17H2,2H3,(H3,18,19,22)(H,25,26,27)/b14-4+,15-11?,21-20+. The predicted molar refractivity (Wildman–Crippen MR) is 108 cm³/mol. The van der Waals surface area contributed by atoms with Gasteiger partial charge in [0.2, 0.25) is 0 Å². The molecule has 14 heteroatoms.